The van der Waals surface area contributed by atoms with Crippen LogP contribution < -0.4 is 0 Å². The number of carbonyl (C=O) groups is 1. The fourth-order valence-corrected chi connectivity index (χ4v) is 0.923. The molecule has 0 fully saturated rings. The van der Waals surface area contributed by atoms with Crippen LogP contribution in [-0.2, 0) is 9.53 Å². The summed E-state index contributed by atoms with van der Waals surface area (Å²) in [4.78, 5) is 11.0. The molecule has 12 heavy (non-hydrogen) atoms. The van der Waals surface area contributed by atoms with Gasteiger partial charge in [0.15, 0.2) is 0 Å². The summed E-state index contributed by atoms with van der Waals surface area (Å²) in [6.07, 6.45) is 3.51. The standard InChI is InChI=1S/C8H12N2O2/c1-6-4-9-10(5-6)7(2)8(11)12-3/h4-5,7H,1-3H3/t7-/m1/s1. The van der Waals surface area contributed by atoms with E-state index in [0.717, 1.165) is 5.56 Å². The number of methoxy groups -OCH3 is 1. The summed E-state index contributed by atoms with van der Waals surface area (Å²) in [5.74, 6) is -0.280. The maximum atomic E-state index is 11.0. The molecule has 0 aromatic carbocycles. The van der Waals surface area contributed by atoms with Crippen LogP contribution >= 0.6 is 0 Å². The van der Waals surface area contributed by atoms with Crippen LogP contribution in [0.5, 0.6) is 0 Å². The molecule has 4 nitrogen and oxygen atoms in total. The number of ether oxygens (including phenoxy) is 1. The Morgan fingerprint density at radius 3 is 2.83 bits per heavy atom. The zero-order valence-corrected chi connectivity index (χ0v) is 7.44. The molecular formula is C8H12N2O2. The first kappa shape index (κ1) is 8.77. The molecule has 0 spiro atoms. The van der Waals surface area contributed by atoms with Crippen molar-refractivity contribution in [2.45, 2.75) is 19.9 Å². The third kappa shape index (κ3) is 1.64. The molecule has 0 saturated carbocycles. The highest BCUT2D eigenvalue weighted by molar-refractivity contribution is 5.73. The van der Waals surface area contributed by atoms with Crippen LogP contribution in [0.3, 0.4) is 0 Å². The van der Waals surface area contributed by atoms with Gasteiger partial charge in [-0.15, -0.1) is 0 Å². The van der Waals surface area contributed by atoms with Gasteiger partial charge in [-0.3, -0.25) is 4.68 Å². The van der Waals surface area contributed by atoms with Crippen LogP contribution in [0.4, 0.5) is 0 Å². The van der Waals surface area contributed by atoms with E-state index in [1.165, 1.54) is 7.11 Å². The summed E-state index contributed by atoms with van der Waals surface area (Å²) in [5.41, 5.74) is 1.03. The molecule has 1 heterocycles. The van der Waals surface area contributed by atoms with Gasteiger partial charge in [0.1, 0.15) is 6.04 Å². The van der Waals surface area contributed by atoms with E-state index in [1.807, 2.05) is 13.1 Å². The van der Waals surface area contributed by atoms with E-state index in [0.29, 0.717) is 0 Å². The van der Waals surface area contributed by atoms with Gasteiger partial charge in [-0.1, -0.05) is 0 Å². The Hall–Kier alpha value is -1.32. The Kier molecular flexibility index (Phi) is 2.47. The minimum absolute atomic E-state index is 0.280. The van der Waals surface area contributed by atoms with Gasteiger partial charge in [0.25, 0.3) is 0 Å². The summed E-state index contributed by atoms with van der Waals surface area (Å²) in [7, 11) is 1.37. The normalized spacial score (nSPS) is 12.6. The molecule has 0 amide bonds. The second-order valence-corrected chi connectivity index (χ2v) is 2.70. The molecule has 0 N–H and O–H groups in total. The fourth-order valence-electron chi connectivity index (χ4n) is 0.923. The molecule has 0 saturated heterocycles. The summed E-state index contributed by atoms with van der Waals surface area (Å²) >= 11 is 0. The summed E-state index contributed by atoms with van der Waals surface area (Å²) in [6.45, 7) is 3.67. The Morgan fingerprint density at radius 1 is 1.75 bits per heavy atom. The molecule has 0 aliphatic rings. The van der Waals surface area contributed by atoms with Gasteiger partial charge in [0.2, 0.25) is 0 Å². The van der Waals surface area contributed by atoms with E-state index in [4.69, 9.17) is 0 Å². The maximum Gasteiger partial charge on any atom is 0.330 e. The lowest BCUT2D eigenvalue weighted by Gasteiger charge is -2.08. The van der Waals surface area contributed by atoms with Crippen molar-refractivity contribution in [3.8, 4) is 0 Å². The average molecular weight is 168 g/mol. The minimum atomic E-state index is -0.344. The van der Waals surface area contributed by atoms with Crippen molar-refractivity contribution in [3.05, 3.63) is 18.0 Å². The van der Waals surface area contributed by atoms with Crippen LogP contribution in [-0.4, -0.2) is 22.9 Å². The zero-order chi connectivity index (χ0) is 9.14. The van der Waals surface area contributed by atoms with Crippen molar-refractivity contribution in [1.29, 1.82) is 0 Å². The Labute approximate surface area is 71.1 Å². The smallest absolute Gasteiger partial charge is 0.330 e. The highest BCUT2D eigenvalue weighted by Gasteiger charge is 2.14. The quantitative estimate of drug-likeness (QED) is 0.617. The van der Waals surface area contributed by atoms with Crippen LogP contribution in [0.1, 0.15) is 18.5 Å². The van der Waals surface area contributed by atoms with Crippen molar-refractivity contribution in [2.24, 2.45) is 0 Å². The monoisotopic (exact) mass is 168 g/mol. The van der Waals surface area contributed by atoms with Crippen molar-refractivity contribution in [3.63, 3.8) is 0 Å². The van der Waals surface area contributed by atoms with E-state index >= 15 is 0 Å². The van der Waals surface area contributed by atoms with Crippen molar-refractivity contribution >= 4 is 5.97 Å². The number of hydrogen-bond donors (Lipinski definition) is 0. The van der Waals surface area contributed by atoms with Gasteiger partial charge < -0.3 is 4.74 Å². The maximum absolute atomic E-state index is 11.0. The second-order valence-electron chi connectivity index (χ2n) is 2.70. The van der Waals surface area contributed by atoms with Crippen LogP contribution in [0.2, 0.25) is 0 Å². The third-order valence-electron chi connectivity index (χ3n) is 1.67. The topological polar surface area (TPSA) is 44.1 Å². The molecule has 1 aromatic heterocycles. The highest BCUT2D eigenvalue weighted by Crippen LogP contribution is 2.06. The van der Waals surface area contributed by atoms with E-state index < -0.39 is 0 Å². The number of aryl methyl sites for hydroxylation is 1. The molecule has 0 unspecified atom stereocenters. The van der Waals surface area contributed by atoms with E-state index in [9.17, 15) is 4.79 Å². The van der Waals surface area contributed by atoms with E-state index in [-0.39, 0.29) is 12.0 Å². The number of hydrogen-bond acceptors (Lipinski definition) is 3. The molecule has 0 aliphatic heterocycles. The number of nitrogens with zero attached hydrogens (tertiary/aromatic N) is 2. The first-order valence-electron chi connectivity index (χ1n) is 3.73. The van der Waals surface area contributed by atoms with Crippen molar-refractivity contribution in [2.75, 3.05) is 7.11 Å². The van der Waals surface area contributed by atoms with Crippen molar-refractivity contribution in [1.82, 2.24) is 9.78 Å². The second kappa shape index (κ2) is 3.38. The highest BCUT2D eigenvalue weighted by atomic mass is 16.5. The van der Waals surface area contributed by atoms with Crippen LogP contribution in [0, 0.1) is 6.92 Å². The Morgan fingerprint density at radius 2 is 2.42 bits per heavy atom. The molecule has 1 atom stereocenters. The Bertz CT molecular complexity index is 280. The first-order chi connectivity index (χ1) is 5.65. The number of esters is 1. The van der Waals surface area contributed by atoms with Gasteiger partial charge in [0.05, 0.1) is 13.3 Å². The molecular weight excluding hydrogens is 156 g/mol. The number of carbonyl (C=O) groups excluding carboxylic acids is 1. The van der Waals surface area contributed by atoms with Gasteiger partial charge >= 0.3 is 5.97 Å². The van der Waals surface area contributed by atoms with Crippen molar-refractivity contribution < 1.29 is 9.53 Å². The predicted octanol–water partition coefficient (Wildman–Crippen LogP) is 0.926. The molecule has 66 valence electrons. The van der Waals surface area contributed by atoms with Crippen LogP contribution in [0.15, 0.2) is 12.4 Å². The van der Waals surface area contributed by atoms with Gasteiger partial charge in [-0.2, -0.15) is 5.10 Å². The fraction of sp³-hybridized carbons (Fsp3) is 0.500. The van der Waals surface area contributed by atoms with Crippen LogP contribution in [0.25, 0.3) is 0 Å². The van der Waals surface area contributed by atoms with Gasteiger partial charge in [0, 0.05) is 6.20 Å². The largest absolute Gasteiger partial charge is 0.467 e. The van der Waals surface area contributed by atoms with E-state index in [2.05, 4.69) is 9.84 Å². The lowest BCUT2D eigenvalue weighted by molar-refractivity contribution is -0.144. The Balaban J connectivity index is 2.77. The molecule has 0 radical (unpaired) electrons. The third-order valence-corrected chi connectivity index (χ3v) is 1.67. The summed E-state index contributed by atoms with van der Waals surface area (Å²) < 4.78 is 6.16. The van der Waals surface area contributed by atoms with Gasteiger partial charge in [-0.05, 0) is 19.4 Å². The molecule has 4 heteroatoms. The number of rotatable bonds is 2. The average Bonchev–Trinajstić information content (AvgIpc) is 2.49. The van der Waals surface area contributed by atoms with E-state index in [1.54, 1.807) is 17.8 Å². The predicted molar refractivity (Wildman–Crippen MR) is 43.7 cm³/mol. The zero-order valence-electron chi connectivity index (χ0n) is 7.44. The lowest BCUT2D eigenvalue weighted by Crippen LogP contribution is -2.17. The molecule has 1 aromatic rings. The SMILES string of the molecule is COC(=O)[C@@H](C)n1cc(C)cn1. The lowest BCUT2D eigenvalue weighted by atomic mass is 10.3. The molecule has 0 aliphatic carbocycles. The number of aromatic nitrogens is 2. The van der Waals surface area contributed by atoms with Gasteiger partial charge in [-0.25, -0.2) is 4.79 Å². The minimum Gasteiger partial charge on any atom is -0.467 e. The molecule has 0 bridgehead atoms. The first-order valence-corrected chi connectivity index (χ1v) is 3.73. The summed E-state index contributed by atoms with van der Waals surface area (Å²) in [5, 5.41) is 4.00. The molecule has 1 rings (SSSR count). The summed E-state index contributed by atoms with van der Waals surface area (Å²) in [6, 6.07) is -0.344.